The molecule has 2 unspecified atom stereocenters. The zero-order chi connectivity index (χ0) is 19.7. The van der Waals surface area contributed by atoms with Crippen LogP contribution >= 0.6 is 0 Å². The number of hydrogen-bond donors (Lipinski definition) is 2. The summed E-state index contributed by atoms with van der Waals surface area (Å²) in [6, 6.07) is 13.7. The van der Waals surface area contributed by atoms with Gasteiger partial charge >= 0.3 is 6.03 Å². The number of benzene rings is 2. The summed E-state index contributed by atoms with van der Waals surface area (Å²) in [5.41, 5.74) is 4.12. The molecule has 6 heteroatoms. The first-order valence-electron chi connectivity index (χ1n) is 9.88. The lowest BCUT2D eigenvalue weighted by Gasteiger charge is -2.34. The van der Waals surface area contributed by atoms with Gasteiger partial charge in [0.15, 0.2) is 0 Å². The first-order chi connectivity index (χ1) is 13.5. The summed E-state index contributed by atoms with van der Waals surface area (Å²) in [6.45, 7) is 8.21. The van der Waals surface area contributed by atoms with Crippen molar-refractivity contribution in [2.45, 2.75) is 26.0 Å². The van der Waals surface area contributed by atoms with Gasteiger partial charge in [-0.1, -0.05) is 18.2 Å². The van der Waals surface area contributed by atoms with Gasteiger partial charge in [-0.25, -0.2) is 4.79 Å². The van der Waals surface area contributed by atoms with E-state index in [4.69, 9.17) is 4.74 Å². The predicted molar refractivity (Wildman–Crippen MR) is 112 cm³/mol. The largest absolute Gasteiger partial charge is 0.488 e. The number of amides is 2. The molecule has 2 amide bonds. The summed E-state index contributed by atoms with van der Waals surface area (Å²) < 4.78 is 5.83. The number of likely N-dealkylation sites (N-methyl/N-ethyl adjacent to an activating group) is 1. The van der Waals surface area contributed by atoms with E-state index in [1.165, 1.54) is 5.69 Å². The molecule has 28 heavy (non-hydrogen) atoms. The second kappa shape index (κ2) is 7.72. The van der Waals surface area contributed by atoms with Crippen LogP contribution in [0, 0.1) is 6.92 Å². The number of fused-ring (bicyclic) bond motifs is 1. The molecule has 2 aromatic rings. The van der Waals surface area contributed by atoms with Crippen LogP contribution in [0.3, 0.4) is 0 Å². The van der Waals surface area contributed by atoms with Crippen LogP contribution in [-0.4, -0.2) is 50.3 Å². The number of ether oxygens (including phenoxy) is 1. The Hall–Kier alpha value is -2.73. The Morgan fingerprint density at radius 2 is 1.86 bits per heavy atom. The fourth-order valence-corrected chi connectivity index (χ4v) is 3.91. The normalized spacial score (nSPS) is 21.8. The molecule has 0 saturated carbocycles. The maximum atomic E-state index is 12.6. The molecule has 2 atom stereocenters. The van der Waals surface area contributed by atoms with E-state index in [9.17, 15) is 4.79 Å². The first-order valence-corrected chi connectivity index (χ1v) is 9.88. The van der Waals surface area contributed by atoms with Crippen LogP contribution in [0.25, 0.3) is 0 Å². The Morgan fingerprint density at radius 1 is 1.11 bits per heavy atom. The van der Waals surface area contributed by atoms with Crippen LogP contribution in [0.5, 0.6) is 5.75 Å². The van der Waals surface area contributed by atoms with Crippen LogP contribution in [0.1, 0.15) is 24.1 Å². The van der Waals surface area contributed by atoms with Crippen molar-refractivity contribution in [2.24, 2.45) is 0 Å². The minimum atomic E-state index is -0.215. The molecule has 0 spiro atoms. The Balaban J connectivity index is 1.41. The molecule has 2 aromatic carbocycles. The molecular formula is C22H28N4O2. The summed E-state index contributed by atoms with van der Waals surface area (Å²) in [7, 11) is 2.16. The van der Waals surface area contributed by atoms with Gasteiger partial charge in [-0.05, 0) is 50.7 Å². The van der Waals surface area contributed by atoms with E-state index in [1.807, 2.05) is 44.2 Å². The van der Waals surface area contributed by atoms with Gasteiger partial charge in [0.1, 0.15) is 11.9 Å². The van der Waals surface area contributed by atoms with Gasteiger partial charge in [-0.3, -0.25) is 0 Å². The van der Waals surface area contributed by atoms with Crippen LogP contribution in [0.4, 0.5) is 16.2 Å². The van der Waals surface area contributed by atoms with Crippen LogP contribution in [0.15, 0.2) is 42.5 Å². The highest BCUT2D eigenvalue weighted by atomic mass is 16.5. The highest BCUT2D eigenvalue weighted by Crippen LogP contribution is 2.36. The Kier molecular flexibility index (Phi) is 5.13. The van der Waals surface area contributed by atoms with E-state index >= 15 is 0 Å². The van der Waals surface area contributed by atoms with Crippen molar-refractivity contribution < 1.29 is 9.53 Å². The molecule has 2 aliphatic rings. The maximum Gasteiger partial charge on any atom is 0.319 e. The van der Waals surface area contributed by atoms with Crippen molar-refractivity contribution >= 4 is 17.4 Å². The Morgan fingerprint density at radius 3 is 2.61 bits per heavy atom. The zero-order valence-corrected chi connectivity index (χ0v) is 16.7. The van der Waals surface area contributed by atoms with E-state index in [0.29, 0.717) is 0 Å². The molecule has 6 nitrogen and oxygen atoms in total. The van der Waals surface area contributed by atoms with E-state index in [2.05, 4.69) is 39.6 Å². The summed E-state index contributed by atoms with van der Waals surface area (Å²) >= 11 is 0. The van der Waals surface area contributed by atoms with Crippen molar-refractivity contribution in [2.75, 3.05) is 43.4 Å². The average Bonchev–Trinajstić information content (AvgIpc) is 2.99. The molecule has 0 aromatic heterocycles. The number of hydrogen-bond acceptors (Lipinski definition) is 4. The molecular weight excluding hydrogens is 352 g/mol. The van der Waals surface area contributed by atoms with Gasteiger partial charge in [-0.2, -0.15) is 0 Å². The van der Waals surface area contributed by atoms with Crippen molar-refractivity contribution in [1.29, 1.82) is 0 Å². The monoisotopic (exact) mass is 380 g/mol. The molecule has 0 radical (unpaired) electrons. The van der Waals surface area contributed by atoms with Crippen molar-refractivity contribution in [3.8, 4) is 5.75 Å². The lowest BCUT2D eigenvalue weighted by molar-refractivity contribution is 0.204. The third-order valence-corrected chi connectivity index (χ3v) is 5.65. The summed E-state index contributed by atoms with van der Waals surface area (Å²) in [5, 5.41) is 6.05. The number of carbonyl (C=O) groups excluding carboxylic acids is 1. The average molecular weight is 380 g/mol. The molecule has 1 fully saturated rings. The molecule has 0 bridgehead atoms. The Labute approximate surface area is 166 Å². The number of para-hydroxylation sites is 1. The van der Waals surface area contributed by atoms with E-state index in [0.717, 1.165) is 48.7 Å². The Bertz CT molecular complexity index is 861. The third-order valence-electron chi connectivity index (χ3n) is 5.65. The van der Waals surface area contributed by atoms with Gasteiger partial charge < -0.3 is 25.2 Å². The van der Waals surface area contributed by atoms with Crippen molar-refractivity contribution in [1.82, 2.24) is 10.2 Å². The number of aryl methyl sites for hydroxylation is 1. The van der Waals surface area contributed by atoms with Crippen LogP contribution < -0.4 is 20.3 Å². The van der Waals surface area contributed by atoms with E-state index in [-0.39, 0.29) is 18.2 Å². The second-order valence-electron chi connectivity index (χ2n) is 7.73. The summed E-state index contributed by atoms with van der Waals surface area (Å²) in [4.78, 5) is 17.3. The zero-order valence-electron chi connectivity index (χ0n) is 16.7. The minimum absolute atomic E-state index is 0.0937. The number of anilines is 2. The van der Waals surface area contributed by atoms with Gasteiger partial charge in [-0.15, -0.1) is 0 Å². The van der Waals surface area contributed by atoms with Gasteiger partial charge in [0.25, 0.3) is 0 Å². The molecule has 4 rings (SSSR count). The smallest absolute Gasteiger partial charge is 0.319 e. The fraction of sp³-hybridized carbons (Fsp3) is 0.409. The number of nitrogens with one attached hydrogen (secondary N) is 2. The molecule has 2 heterocycles. The van der Waals surface area contributed by atoms with E-state index in [1.54, 1.807) is 0 Å². The number of rotatable bonds is 3. The van der Waals surface area contributed by atoms with Gasteiger partial charge in [0.2, 0.25) is 0 Å². The highest BCUT2D eigenvalue weighted by Gasteiger charge is 2.32. The SMILES string of the molecule is Cc1cc(N2CCN(C)CC2)ccc1NC(=O)NC1c2ccccc2OC1C. The van der Waals surface area contributed by atoms with E-state index < -0.39 is 0 Å². The summed E-state index contributed by atoms with van der Waals surface area (Å²) in [5.74, 6) is 0.841. The number of nitrogens with zero attached hydrogens (tertiary/aromatic N) is 2. The number of urea groups is 1. The lowest BCUT2D eigenvalue weighted by atomic mass is 10.1. The topological polar surface area (TPSA) is 56.8 Å². The highest BCUT2D eigenvalue weighted by molar-refractivity contribution is 5.90. The second-order valence-corrected chi connectivity index (χ2v) is 7.73. The molecule has 148 valence electrons. The molecule has 0 aliphatic carbocycles. The van der Waals surface area contributed by atoms with Gasteiger partial charge in [0.05, 0.1) is 6.04 Å². The number of carbonyl (C=O) groups is 1. The molecule has 2 N–H and O–H groups in total. The molecule has 2 aliphatic heterocycles. The maximum absolute atomic E-state index is 12.6. The first kappa shape index (κ1) is 18.6. The van der Waals surface area contributed by atoms with Crippen LogP contribution in [-0.2, 0) is 0 Å². The van der Waals surface area contributed by atoms with Crippen molar-refractivity contribution in [3.63, 3.8) is 0 Å². The fourth-order valence-electron chi connectivity index (χ4n) is 3.91. The predicted octanol–water partition coefficient (Wildman–Crippen LogP) is 3.39. The minimum Gasteiger partial charge on any atom is -0.488 e. The van der Waals surface area contributed by atoms with Gasteiger partial charge in [0, 0.05) is 43.1 Å². The third kappa shape index (κ3) is 3.78. The lowest BCUT2D eigenvalue weighted by Crippen LogP contribution is -2.44. The quantitative estimate of drug-likeness (QED) is 0.857. The van der Waals surface area contributed by atoms with Crippen LogP contribution in [0.2, 0.25) is 0 Å². The standard InChI is InChI=1S/C22H28N4O2/c1-15-14-17(26-12-10-25(3)11-13-26)8-9-19(15)23-22(27)24-21-16(2)28-20-7-5-4-6-18(20)21/h4-9,14,16,21H,10-13H2,1-3H3,(H2,23,24,27). The summed E-state index contributed by atoms with van der Waals surface area (Å²) in [6.07, 6.45) is -0.0937. The van der Waals surface area contributed by atoms with Crippen molar-refractivity contribution in [3.05, 3.63) is 53.6 Å². The molecule has 1 saturated heterocycles. The number of piperazine rings is 1.